The van der Waals surface area contributed by atoms with Crippen molar-refractivity contribution in [3.63, 3.8) is 0 Å². The zero-order valence-electron chi connectivity index (χ0n) is 11.8. The Labute approximate surface area is 117 Å². The Bertz CT molecular complexity index is 663. The molecule has 1 atom stereocenters. The summed E-state index contributed by atoms with van der Waals surface area (Å²) in [6.45, 7) is 4.06. The summed E-state index contributed by atoms with van der Waals surface area (Å²) < 4.78 is 1.45. The van der Waals surface area contributed by atoms with Crippen molar-refractivity contribution in [1.29, 1.82) is 0 Å². The minimum absolute atomic E-state index is 0.0237. The number of amides is 1. The monoisotopic (exact) mass is 273 g/mol. The molecule has 0 fully saturated rings. The van der Waals surface area contributed by atoms with Crippen molar-refractivity contribution in [3.05, 3.63) is 40.8 Å². The second kappa shape index (κ2) is 6.32. The third-order valence-electron chi connectivity index (χ3n) is 3.18. The van der Waals surface area contributed by atoms with Crippen LogP contribution in [0.25, 0.3) is 11.0 Å². The van der Waals surface area contributed by atoms with Gasteiger partial charge in [-0.25, -0.2) is 4.98 Å². The van der Waals surface area contributed by atoms with Crippen LogP contribution in [-0.4, -0.2) is 21.5 Å². The van der Waals surface area contributed by atoms with Gasteiger partial charge in [0, 0.05) is 6.04 Å². The molecule has 1 aromatic carbocycles. The van der Waals surface area contributed by atoms with Crippen LogP contribution >= 0.6 is 0 Å². The zero-order valence-corrected chi connectivity index (χ0v) is 11.8. The highest BCUT2D eigenvalue weighted by Crippen LogP contribution is 2.08. The van der Waals surface area contributed by atoms with Gasteiger partial charge in [0.15, 0.2) is 0 Å². The van der Waals surface area contributed by atoms with Crippen LogP contribution in [0.1, 0.15) is 26.7 Å². The Balaban J connectivity index is 2.23. The molecule has 0 spiro atoms. The van der Waals surface area contributed by atoms with Gasteiger partial charge in [-0.1, -0.05) is 25.5 Å². The van der Waals surface area contributed by atoms with Gasteiger partial charge in [-0.15, -0.1) is 0 Å². The topological polar surface area (TPSA) is 64.0 Å². The van der Waals surface area contributed by atoms with Crippen molar-refractivity contribution in [2.45, 2.75) is 39.3 Å². The third-order valence-corrected chi connectivity index (χ3v) is 3.18. The molecule has 20 heavy (non-hydrogen) atoms. The van der Waals surface area contributed by atoms with Gasteiger partial charge in [-0.2, -0.15) is 0 Å². The van der Waals surface area contributed by atoms with E-state index in [1.807, 2.05) is 25.1 Å². The molecule has 5 heteroatoms. The van der Waals surface area contributed by atoms with Gasteiger partial charge >= 0.3 is 0 Å². The van der Waals surface area contributed by atoms with Gasteiger partial charge in [0.25, 0.3) is 5.56 Å². The van der Waals surface area contributed by atoms with Crippen LogP contribution in [0.3, 0.4) is 0 Å². The van der Waals surface area contributed by atoms with Crippen LogP contribution in [0.4, 0.5) is 0 Å². The molecule has 0 saturated heterocycles. The summed E-state index contributed by atoms with van der Waals surface area (Å²) in [5.41, 5.74) is 1.13. The number of carbonyl (C=O) groups is 1. The molecule has 0 aliphatic carbocycles. The van der Waals surface area contributed by atoms with Gasteiger partial charge < -0.3 is 5.32 Å². The van der Waals surface area contributed by atoms with Crippen molar-refractivity contribution in [3.8, 4) is 0 Å². The van der Waals surface area contributed by atoms with Gasteiger partial charge in [0.2, 0.25) is 5.91 Å². The summed E-state index contributed by atoms with van der Waals surface area (Å²) >= 11 is 0. The lowest BCUT2D eigenvalue weighted by atomic mass is 10.2. The van der Waals surface area contributed by atoms with Crippen molar-refractivity contribution in [2.24, 2.45) is 0 Å². The quantitative estimate of drug-likeness (QED) is 0.901. The predicted octanol–water partition coefficient (Wildman–Crippen LogP) is 1.70. The number of fused-ring (bicyclic) bond motifs is 1. The van der Waals surface area contributed by atoms with Crippen LogP contribution in [0, 0.1) is 0 Å². The smallest absolute Gasteiger partial charge is 0.269 e. The Morgan fingerprint density at radius 3 is 2.90 bits per heavy atom. The largest absolute Gasteiger partial charge is 0.352 e. The number of aromatic nitrogens is 2. The van der Waals surface area contributed by atoms with Crippen LogP contribution in [-0.2, 0) is 11.3 Å². The standard InChI is InChI=1S/C15H19N3O2/c1-3-6-11(2)17-14(19)10-18-13-8-5-4-7-12(13)16-9-15(18)20/h4-5,7-9,11H,3,6,10H2,1-2H3,(H,17,19). The Morgan fingerprint density at radius 2 is 2.15 bits per heavy atom. The highest BCUT2D eigenvalue weighted by atomic mass is 16.2. The third kappa shape index (κ3) is 3.23. The molecule has 0 bridgehead atoms. The van der Waals surface area contributed by atoms with Gasteiger partial charge in [0.05, 0.1) is 17.2 Å². The van der Waals surface area contributed by atoms with Crippen molar-refractivity contribution in [2.75, 3.05) is 0 Å². The summed E-state index contributed by atoms with van der Waals surface area (Å²) in [6, 6.07) is 7.43. The number of hydrogen-bond acceptors (Lipinski definition) is 3. The Morgan fingerprint density at radius 1 is 1.40 bits per heavy atom. The van der Waals surface area contributed by atoms with E-state index in [4.69, 9.17) is 0 Å². The summed E-state index contributed by atoms with van der Waals surface area (Å²) in [6.07, 6.45) is 3.20. The van der Waals surface area contributed by atoms with Crippen molar-refractivity contribution in [1.82, 2.24) is 14.9 Å². The molecule has 2 aromatic rings. The molecule has 106 valence electrons. The molecule has 0 aliphatic heterocycles. The number of nitrogens with one attached hydrogen (secondary N) is 1. The van der Waals surface area contributed by atoms with E-state index in [0.717, 1.165) is 12.8 Å². The average molecular weight is 273 g/mol. The summed E-state index contributed by atoms with van der Waals surface area (Å²) in [5.74, 6) is -0.149. The number of nitrogens with zero attached hydrogens (tertiary/aromatic N) is 2. The lowest BCUT2D eigenvalue weighted by molar-refractivity contribution is -0.122. The van der Waals surface area contributed by atoms with Crippen LogP contribution < -0.4 is 10.9 Å². The zero-order chi connectivity index (χ0) is 14.5. The Hall–Kier alpha value is -2.17. The normalized spacial score (nSPS) is 12.3. The number of para-hydroxylation sites is 2. The molecule has 1 unspecified atom stereocenters. The number of carbonyl (C=O) groups excluding carboxylic acids is 1. The molecular weight excluding hydrogens is 254 g/mol. The highest BCUT2D eigenvalue weighted by Gasteiger charge is 2.10. The molecule has 0 aliphatic rings. The maximum absolute atomic E-state index is 12.0. The molecular formula is C15H19N3O2. The van der Waals surface area contributed by atoms with Gasteiger partial charge in [-0.05, 0) is 25.5 Å². The molecule has 0 radical (unpaired) electrons. The fourth-order valence-electron chi connectivity index (χ4n) is 2.25. The fourth-order valence-corrected chi connectivity index (χ4v) is 2.25. The van der Waals surface area contributed by atoms with Crippen LogP contribution in [0.2, 0.25) is 0 Å². The van der Waals surface area contributed by atoms with Gasteiger partial charge in [-0.3, -0.25) is 14.2 Å². The number of hydrogen-bond donors (Lipinski definition) is 1. The molecule has 1 heterocycles. The second-order valence-electron chi connectivity index (χ2n) is 4.93. The molecule has 5 nitrogen and oxygen atoms in total. The molecule has 1 aromatic heterocycles. The van der Waals surface area contributed by atoms with E-state index in [0.29, 0.717) is 11.0 Å². The van der Waals surface area contributed by atoms with Crippen molar-refractivity contribution < 1.29 is 4.79 Å². The Kier molecular flexibility index (Phi) is 4.50. The number of benzene rings is 1. The first-order valence-electron chi connectivity index (χ1n) is 6.85. The second-order valence-corrected chi connectivity index (χ2v) is 4.93. The van der Waals surface area contributed by atoms with Gasteiger partial charge in [0.1, 0.15) is 6.54 Å². The molecule has 1 amide bonds. The summed E-state index contributed by atoms with van der Waals surface area (Å²) in [4.78, 5) is 28.0. The molecule has 0 saturated carbocycles. The summed E-state index contributed by atoms with van der Waals surface area (Å²) in [7, 11) is 0. The van der Waals surface area contributed by atoms with E-state index in [2.05, 4.69) is 17.2 Å². The number of rotatable bonds is 5. The SMILES string of the molecule is CCCC(C)NC(=O)Cn1c(=O)cnc2ccccc21. The highest BCUT2D eigenvalue weighted by molar-refractivity contribution is 5.80. The average Bonchev–Trinajstić information content (AvgIpc) is 2.42. The van der Waals surface area contributed by atoms with Crippen molar-refractivity contribution >= 4 is 16.9 Å². The maximum atomic E-state index is 12.0. The lowest BCUT2D eigenvalue weighted by Gasteiger charge is -2.14. The van der Waals surface area contributed by atoms with E-state index in [9.17, 15) is 9.59 Å². The molecule has 1 N–H and O–H groups in total. The van der Waals surface area contributed by atoms with E-state index in [-0.39, 0.29) is 24.1 Å². The van der Waals surface area contributed by atoms with E-state index >= 15 is 0 Å². The van der Waals surface area contributed by atoms with E-state index in [1.165, 1.54) is 10.8 Å². The minimum Gasteiger partial charge on any atom is -0.352 e. The first-order chi connectivity index (χ1) is 9.61. The lowest BCUT2D eigenvalue weighted by Crippen LogP contribution is -2.37. The fraction of sp³-hybridized carbons (Fsp3) is 0.400. The maximum Gasteiger partial charge on any atom is 0.269 e. The first-order valence-corrected chi connectivity index (χ1v) is 6.85. The van der Waals surface area contributed by atoms with Crippen LogP contribution in [0.15, 0.2) is 35.3 Å². The summed E-state index contributed by atoms with van der Waals surface area (Å²) in [5, 5.41) is 2.90. The minimum atomic E-state index is -0.262. The van der Waals surface area contributed by atoms with E-state index in [1.54, 1.807) is 6.07 Å². The van der Waals surface area contributed by atoms with E-state index < -0.39 is 0 Å². The molecule has 2 rings (SSSR count). The van der Waals surface area contributed by atoms with Crippen LogP contribution in [0.5, 0.6) is 0 Å². The first kappa shape index (κ1) is 14.2. The predicted molar refractivity (Wildman–Crippen MR) is 78.5 cm³/mol.